The normalized spacial score (nSPS) is 19.8. The van der Waals surface area contributed by atoms with Gasteiger partial charge in [0, 0.05) is 51.5 Å². The van der Waals surface area contributed by atoms with Crippen LogP contribution in [0.3, 0.4) is 0 Å². The highest BCUT2D eigenvalue weighted by molar-refractivity contribution is 5.91. The molecule has 2 heterocycles. The minimum Gasteiger partial charge on any atom is -0.381 e. The number of hydrogen-bond donors (Lipinski definition) is 3. The lowest BCUT2D eigenvalue weighted by atomic mass is 9.90. The van der Waals surface area contributed by atoms with E-state index in [1.807, 2.05) is 24.3 Å². The number of nitrogens with zero attached hydrogens (tertiary/aromatic N) is 1. The Morgan fingerprint density at radius 1 is 1.11 bits per heavy atom. The number of anilines is 1. The number of benzene rings is 1. The quantitative estimate of drug-likeness (QED) is 0.625. The van der Waals surface area contributed by atoms with Crippen LogP contribution in [0, 0.1) is 0 Å². The number of amides is 2. The van der Waals surface area contributed by atoms with Crippen LogP contribution in [0.15, 0.2) is 24.3 Å². The van der Waals surface area contributed by atoms with Gasteiger partial charge in [-0.05, 0) is 30.5 Å². The van der Waals surface area contributed by atoms with Crippen LogP contribution in [0.4, 0.5) is 5.69 Å². The lowest BCUT2D eigenvalue weighted by Crippen LogP contribution is -2.56. The van der Waals surface area contributed by atoms with E-state index in [0.29, 0.717) is 39.0 Å². The van der Waals surface area contributed by atoms with E-state index < -0.39 is 5.54 Å². The average molecular weight is 390 g/mol. The van der Waals surface area contributed by atoms with Gasteiger partial charge >= 0.3 is 0 Å². The Labute approximate surface area is 165 Å². The third kappa shape index (κ3) is 6.00. The summed E-state index contributed by atoms with van der Waals surface area (Å²) in [5.74, 6) is -0.174. The summed E-state index contributed by atoms with van der Waals surface area (Å²) in [6, 6.07) is 7.50. The van der Waals surface area contributed by atoms with E-state index in [1.54, 1.807) is 0 Å². The lowest BCUT2D eigenvalue weighted by Gasteiger charge is -2.31. The van der Waals surface area contributed by atoms with Gasteiger partial charge < -0.3 is 25.8 Å². The van der Waals surface area contributed by atoms with Crippen molar-refractivity contribution in [2.24, 2.45) is 5.73 Å². The van der Waals surface area contributed by atoms with Gasteiger partial charge in [0.2, 0.25) is 11.8 Å². The smallest absolute Gasteiger partial charge is 0.240 e. The van der Waals surface area contributed by atoms with Crippen LogP contribution < -0.4 is 16.4 Å². The molecule has 0 atom stereocenters. The van der Waals surface area contributed by atoms with E-state index >= 15 is 0 Å². The summed E-state index contributed by atoms with van der Waals surface area (Å²) in [5, 5.41) is 5.84. The Morgan fingerprint density at radius 3 is 2.57 bits per heavy atom. The van der Waals surface area contributed by atoms with Crippen LogP contribution in [0.25, 0.3) is 0 Å². The van der Waals surface area contributed by atoms with Crippen molar-refractivity contribution in [3.05, 3.63) is 29.8 Å². The predicted octanol–water partition coefficient (Wildman–Crippen LogP) is 0.471. The molecule has 0 aromatic heterocycles. The monoisotopic (exact) mass is 390 g/mol. The molecule has 0 bridgehead atoms. The van der Waals surface area contributed by atoms with E-state index in [0.717, 1.165) is 44.1 Å². The molecule has 2 saturated heterocycles. The van der Waals surface area contributed by atoms with Crippen LogP contribution in [0.5, 0.6) is 0 Å². The predicted molar refractivity (Wildman–Crippen MR) is 106 cm³/mol. The maximum Gasteiger partial charge on any atom is 0.240 e. The maximum absolute atomic E-state index is 12.4. The van der Waals surface area contributed by atoms with E-state index in [2.05, 4.69) is 15.5 Å². The molecule has 2 fully saturated rings. The van der Waals surface area contributed by atoms with Crippen molar-refractivity contribution in [3.63, 3.8) is 0 Å². The van der Waals surface area contributed by atoms with Gasteiger partial charge in [0.25, 0.3) is 0 Å². The zero-order chi connectivity index (χ0) is 19.8. The summed E-state index contributed by atoms with van der Waals surface area (Å²) in [6.07, 6.45) is 1.49. The maximum atomic E-state index is 12.4. The topological polar surface area (TPSA) is 106 Å². The third-order valence-electron chi connectivity index (χ3n) is 5.26. The Bertz CT molecular complexity index is 670. The molecule has 1 aromatic carbocycles. The highest BCUT2D eigenvalue weighted by Gasteiger charge is 2.35. The van der Waals surface area contributed by atoms with Gasteiger partial charge in [0.05, 0.1) is 18.8 Å². The van der Waals surface area contributed by atoms with E-state index in [9.17, 15) is 9.59 Å². The largest absolute Gasteiger partial charge is 0.381 e. The summed E-state index contributed by atoms with van der Waals surface area (Å²) < 4.78 is 10.6. The van der Waals surface area contributed by atoms with Crippen molar-refractivity contribution in [1.29, 1.82) is 0 Å². The van der Waals surface area contributed by atoms with E-state index in [-0.39, 0.29) is 11.8 Å². The van der Waals surface area contributed by atoms with E-state index in [1.165, 1.54) is 0 Å². The number of rotatable bonds is 7. The molecule has 0 saturated carbocycles. The molecule has 154 valence electrons. The molecule has 0 unspecified atom stereocenters. The van der Waals surface area contributed by atoms with Crippen LogP contribution in [-0.4, -0.2) is 68.3 Å². The van der Waals surface area contributed by atoms with Crippen molar-refractivity contribution in [2.45, 2.75) is 31.3 Å². The minimum atomic E-state index is -0.858. The Hall–Kier alpha value is -2.00. The Balaban J connectivity index is 1.45. The zero-order valence-corrected chi connectivity index (χ0v) is 16.2. The first kappa shape index (κ1) is 20.7. The highest BCUT2D eigenvalue weighted by atomic mass is 16.5. The summed E-state index contributed by atoms with van der Waals surface area (Å²) in [5.41, 5.74) is 6.98. The van der Waals surface area contributed by atoms with Gasteiger partial charge in [0.1, 0.15) is 0 Å². The fourth-order valence-electron chi connectivity index (χ4n) is 3.39. The minimum absolute atomic E-state index is 0.0178. The van der Waals surface area contributed by atoms with Gasteiger partial charge in [-0.15, -0.1) is 0 Å². The first-order valence-corrected chi connectivity index (χ1v) is 9.89. The molecule has 28 heavy (non-hydrogen) atoms. The molecule has 0 radical (unpaired) electrons. The van der Waals surface area contributed by atoms with Crippen molar-refractivity contribution in [3.8, 4) is 0 Å². The number of carbonyl (C=O) groups is 2. The summed E-state index contributed by atoms with van der Waals surface area (Å²) in [6.45, 7) is 5.32. The van der Waals surface area contributed by atoms with Crippen LogP contribution in [0.2, 0.25) is 0 Å². The van der Waals surface area contributed by atoms with Crippen molar-refractivity contribution >= 4 is 17.5 Å². The van der Waals surface area contributed by atoms with E-state index in [4.69, 9.17) is 15.2 Å². The second-order valence-corrected chi connectivity index (χ2v) is 7.40. The second-order valence-electron chi connectivity index (χ2n) is 7.40. The summed E-state index contributed by atoms with van der Waals surface area (Å²) in [7, 11) is 0. The molecule has 2 aliphatic heterocycles. The number of hydrogen-bond acceptors (Lipinski definition) is 6. The van der Waals surface area contributed by atoms with Crippen molar-refractivity contribution in [2.75, 3.05) is 51.4 Å². The number of ether oxygens (including phenoxy) is 2. The molecular formula is C20H30N4O4. The molecule has 8 nitrogen and oxygen atoms in total. The molecule has 2 aliphatic rings. The van der Waals surface area contributed by atoms with Crippen LogP contribution >= 0.6 is 0 Å². The first-order chi connectivity index (χ1) is 13.5. The van der Waals surface area contributed by atoms with Gasteiger partial charge in [-0.25, -0.2) is 0 Å². The van der Waals surface area contributed by atoms with Gasteiger partial charge in [-0.3, -0.25) is 14.5 Å². The molecule has 1 aromatic rings. The Kier molecular flexibility index (Phi) is 7.38. The molecular weight excluding hydrogens is 360 g/mol. The fourth-order valence-corrected chi connectivity index (χ4v) is 3.39. The average Bonchev–Trinajstić information content (AvgIpc) is 2.72. The summed E-state index contributed by atoms with van der Waals surface area (Å²) in [4.78, 5) is 26.9. The van der Waals surface area contributed by atoms with Gasteiger partial charge in [-0.1, -0.05) is 12.1 Å². The van der Waals surface area contributed by atoms with Crippen LogP contribution in [-0.2, 0) is 25.6 Å². The molecule has 0 spiro atoms. The highest BCUT2D eigenvalue weighted by Crippen LogP contribution is 2.18. The third-order valence-corrected chi connectivity index (χ3v) is 5.26. The first-order valence-electron chi connectivity index (χ1n) is 9.89. The lowest BCUT2D eigenvalue weighted by molar-refractivity contribution is -0.129. The van der Waals surface area contributed by atoms with Crippen molar-refractivity contribution < 1.29 is 19.1 Å². The molecule has 3 rings (SSSR count). The van der Waals surface area contributed by atoms with Gasteiger partial charge in [-0.2, -0.15) is 0 Å². The standard InChI is InChI=1S/C20H30N4O4/c21-20(5-10-27-11-6-20)19(26)22-15-16-2-1-3-17(14-16)23-18(25)4-7-24-8-12-28-13-9-24/h1-3,14H,4-13,15,21H2,(H,22,26)(H,23,25). The zero-order valence-electron chi connectivity index (χ0n) is 16.2. The summed E-state index contributed by atoms with van der Waals surface area (Å²) >= 11 is 0. The molecule has 0 aliphatic carbocycles. The van der Waals surface area contributed by atoms with Gasteiger partial charge in [0.15, 0.2) is 0 Å². The van der Waals surface area contributed by atoms with Crippen molar-refractivity contribution in [1.82, 2.24) is 10.2 Å². The number of carbonyl (C=O) groups excluding carboxylic acids is 2. The Morgan fingerprint density at radius 2 is 1.82 bits per heavy atom. The fraction of sp³-hybridized carbons (Fsp3) is 0.600. The number of nitrogens with one attached hydrogen (secondary N) is 2. The molecule has 8 heteroatoms. The van der Waals surface area contributed by atoms with Crippen LogP contribution in [0.1, 0.15) is 24.8 Å². The second kappa shape index (κ2) is 9.97. The number of nitrogens with two attached hydrogens (primary N) is 1. The SMILES string of the molecule is NC1(C(=O)NCc2cccc(NC(=O)CCN3CCOCC3)c2)CCOCC1. The molecule has 4 N–H and O–H groups in total. The molecule has 2 amide bonds. The number of morpholine rings is 1.